The number of aliphatic hydroxyl groups is 2. The van der Waals surface area contributed by atoms with E-state index in [4.69, 9.17) is 9.97 Å². The summed E-state index contributed by atoms with van der Waals surface area (Å²) in [4.78, 5) is 21.2. The lowest BCUT2D eigenvalue weighted by Crippen LogP contribution is -2.47. The lowest BCUT2D eigenvalue weighted by molar-refractivity contribution is 0.156. The zero-order chi connectivity index (χ0) is 24.6. The van der Waals surface area contributed by atoms with Gasteiger partial charge in [-0.2, -0.15) is 9.97 Å². The summed E-state index contributed by atoms with van der Waals surface area (Å²) in [6, 6.07) is 15.1. The summed E-state index contributed by atoms with van der Waals surface area (Å²) < 4.78 is 1.75. The number of hydrogen-bond acceptors (Lipinski definition) is 9. The Morgan fingerprint density at radius 3 is 2.31 bits per heavy atom. The standard InChI is InChI=1S/C26H29N7O3/c34-15-20(16-35)33-17-27-23-24(32-10-9-18-3-1-2-4-22(18)32)28-26(29-25(23)33)31-13-11-30(12-14-31)19-5-7-21(36)8-6-19/h1-8,17,20,34-36H,9-16H2. The monoisotopic (exact) mass is 487 g/mol. The van der Waals surface area contributed by atoms with Gasteiger partial charge in [0.05, 0.1) is 25.6 Å². The Kier molecular flexibility index (Phi) is 5.82. The van der Waals surface area contributed by atoms with E-state index >= 15 is 0 Å². The van der Waals surface area contributed by atoms with Crippen LogP contribution in [0.5, 0.6) is 5.75 Å². The van der Waals surface area contributed by atoms with Crippen molar-refractivity contribution in [3.05, 3.63) is 60.4 Å². The maximum atomic E-state index is 9.85. The molecule has 10 nitrogen and oxygen atoms in total. The van der Waals surface area contributed by atoms with Crippen LogP contribution in [-0.4, -0.2) is 80.8 Å². The third kappa shape index (κ3) is 3.88. The average molecular weight is 488 g/mol. The van der Waals surface area contributed by atoms with E-state index in [2.05, 4.69) is 37.9 Å². The SMILES string of the molecule is OCC(CO)n1cnc2c(N3CCc4ccccc43)nc(N3CCN(c4ccc(O)cc4)CC3)nc21. The molecule has 4 aromatic rings. The first-order valence-electron chi connectivity index (χ1n) is 12.3. The van der Waals surface area contributed by atoms with Crippen molar-refractivity contribution in [1.29, 1.82) is 0 Å². The number of imidazole rings is 1. The van der Waals surface area contributed by atoms with Gasteiger partial charge in [0.15, 0.2) is 17.0 Å². The smallest absolute Gasteiger partial charge is 0.229 e. The van der Waals surface area contributed by atoms with Crippen molar-refractivity contribution >= 4 is 34.3 Å². The maximum absolute atomic E-state index is 9.85. The van der Waals surface area contributed by atoms with Gasteiger partial charge < -0.3 is 34.6 Å². The average Bonchev–Trinajstić information content (AvgIpc) is 3.54. The van der Waals surface area contributed by atoms with E-state index in [1.165, 1.54) is 5.56 Å². The normalized spacial score (nSPS) is 15.8. The molecule has 0 amide bonds. The molecule has 36 heavy (non-hydrogen) atoms. The van der Waals surface area contributed by atoms with Crippen LogP contribution in [0.4, 0.5) is 23.1 Å². The number of benzene rings is 2. The third-order valence-electron chi connectivity index (χ3n) is 7.13. The molecule has 2 aromatic carbocycles. The molecule has 0 saturated carbocycles. The molecule has 1 saturated heterocycles. The molecule has 2 aliphatic rings. The molecule has 0 bridgehead atoms. The number of aromatic nitrogens is 4. The van der Waals surface area contributed by atoms with Gasteiger partial charge in [-0.3, -0.25) is 0 Å². The van der Waals surface area contributed by atoms with E-state index < -0.39 is 6.04 Å². The van der Waals surface area contributed by atoms with Gasteiger partial charge in [-0.1, -0.05) is 18.2 Å². The first-order chi connectivity index (χ1) is 17.7. The highest BCUT2D eigenvalue weighted by atomic mass is 16.3. The number of piperazine rings is 1. The minimum atomic E-state index is -0.525. The van der Waals surface area contributed by atoms with E-state index in [1.54, 1.807) is 23.0 Å². The Labute approximate surface area is 208 Å². The van der Waals surface area contributed by atoms with E-state index in [9.17, 15) is 15.3 Å². The highest BCUT2D eigenvalue weighted by Crippen LogP contribution is 2.37. The van der Waals surface area contributed by atoms with Crippen LogP contribution in [0.15, 0.2) is 54.9 Å². The summed E-state index contributed by atoms with van der Waals surface area (Å²) in [5.74, 6) is 1.62. The Balaban J connectivity index is 1.37. The van der Waals surface area contributed by atoms with Gasteiger partial charge in [0, 0.05) is 44.1 Å². The fraction of sp³-hybridized carbons (Fsp3) is 0.346. The van der Waals surface area contributed by atoms with E-state index in [0.29, 0.717) is 17.1 Å². The number of rotatable bonds is 6. The van der Waals surface area contributed by atoms with Crippen LogP contribution in [0.25, 0.3) is 11.2 Å². The van der Waals surface area contributed by atoms with Gasteiger partial charge in [-0.05, 0) is 42.3 Å². The van der Waals surface area contributed by atoms with Crippen LogP contribution in [-0.2, 0) is 6.42 Å². The van der Waals surface area contributed by atoms with Crippen LogP contribution in [0.1, 0.15) is 11.6 Å². The van der Waals surface area contributed by atoms with Gasteiger partial charge >= 0.3 is 0 Å². The number of anilines is 4. The number of phenols is 1. The molecule has 2 aliphatic heterocycles. The van der Waals surface area contributed by atoms with Crippen LogP contribution < -0.4 is 14.7 Å². The molecule has 3 N–H and O–H groups in total. The highest BCUT2D eigenvalue weighted by molar-refractivity contribution is 5.89. The fourth-order valence-electron chi connectivity index (χ4n) is 5.11. The molecule has 0 aliphatic carbocycles. The summed E-state index contributed by atoms with van der Waals surface area (Å²) in [6.07, 6.45) is 2.56. The van der Waals surface area contributed by atoms with E-state index in [1.807, 2.05) is 18.2 Å². The number of para-hydroxylation sites is 1. The van der Waals surface area contributed by atoms with Crippen molar-refractivity contribution in [2.75, 3.05) is 60.6 Å². The molecule has 0 unspecified atom stereocenters. The van der Waals surface area contributed by atoms with E-state index in [0.717, 1.165) is 56.3 Å². The molecule has 10 heteroatoms. The molecule has 0 atom stereocenters. The molecule has 1 fully saturated rings. The number of nitrogens with zero attached hydrogens (tertiary/aromatic N) is 7. The lowest BCUT2D eigenvalue weighted by atomic mass is 10.2. The zero-order valence-corrected chi connectivity index (χ0v) is 19.9. The summed E-state index contributed by atoms with van der Waals surface area (Å²) in [5.41, 5.74) is 4.73. The molecular formula is C26H29N7O3. The fourth-order valence-corrected chi connectivity index (χ4v) is 5.11. The largest absolute Gasteiger partial charge is 0.508 e. The molecule has 6 rings (SSSR count). The van der Waals surface area contributed by atoms with Crippen LogP contribution in [0.2, 0.25) is 0 Å². The van der Waals surface area contributed by atoms with E-state index in [-0.39, 0.29) is 19.0 Å². The van der Waals surface area contributed by atoms with Gasteiger partial charge in [-0.15, -0.1) is 0 Å². The Morgan fingerprint density at radius 2 is 1.56 bits per heavy atom. The number of aliphatic hydroxyl groups excluding tert-OH is 2. The number of hydrogen-bond donors (Lipinski definition) is 3. The number of aromatic hydroxyl groups is 1. The van der Waals surface area contributed by atoms with Crippen molar-refractivity contribution in [2.45, 2.75) is 12.5 Å². The first kappa shape index (κ1) is 22.6. The minimum Gasteiger partial charge on any atom is -0.508 e. The number of phenolic OH excluding ortho intramolecular Hbond substituents is 1. The van der Waals surface area contributed by atoms with Gasteiger partial charge in [-0.25, -0.2) is 4.98 Å². The second-order valence-corrected chi connectivity index (χ2v) is 9.21. The van der Waals surface area contributed by atoms with Crippen LogP contribution in [0, 0.1) is 0 Å². The second kappa shape index (κ2) is 9.29. The third-order valence-corrected chi connectivity index (χ3v) is 7.13. The first-order valence-corrected chi connectivity index (χ1v) is 12.3. The van der Waals surface area contributed by atoms with Crippen molar-refractivity contribution in [3.63, 3.8) is 0 Å². The van der Waals surface area contributed by atoms with Crippen molar-refractivity contribution in [1.82, 2.24) is 19.5 Å². The van der Waals surface area contributed by atoms with Crippen molar-refractivity contribution < 1.29 is 15.3 Å². The van der Waals surface area contributed by atoms with Gasteiger partial charge in [0.25, 0.3) is 0 Å². The molecule has 0 spiro atoms. The predicted molar refractivity (Wildman–Crippen MR) is 138 cm³/mol. The minimum absolute atomic E-state index is 0.214. The lowest BCUT2D eigenvalue weighted by Gasteiger charge is -2.36. The quantitative estimate of drug-likeness (QED) is 0.376. The molecule has 186 valence electrons. The molecular weight excluding hydrogens is 458 g/mol. The Hall–Kier alpha value is -3.89. The molecule has 2 aromatic heterocycles. The van der Waals surface area contributed by atoms with Crippen molar-refractivity contribution in [2.24, 2.45) is 0 Å². The Morgan fingerprint density at radius 1 is 0.833 bits per heavy atom. The zero-order valence-electron chi connectivity index (χ0n) is 19.9. The second-order valence-electron chi connectivity index (χ2n) is 9.21. The van der Waals surface area contributed by atoms with Crippen LogP contribution in [0.3, 0.4) is 0 Å². The molecule has 4 heterocycles. The Bertz CT molecular complexity index is 1360. The number of fused-ring (bicyclic) bond motifs is 2. The summed E-state index contributed by atoms with van der Waals surface area (Å²) >= 11 is 0. The summed E-state index contributed by atoms with van der Waals surface area (Å²) in [7, 11) is 0. The highest BCUT2D eigenvalue weighted by Gasteiger charge is 2.28. The molecule has 0 radical (unpaired) electrons. The summed E-state index contributed by atoms with van der Waals surface area (Å²) in [6.45, 7) is 3.44. The summed E-state index contributed by atoms with van der Waals surface area (Å²) in [5, 5.41) is 29.3. The van der Waals surface area contributed by atoms with Gasteiger partial charge in [0.2, 0.25) is 5.95 Å². The predicted octanol–water partition coefficient (Wildman–Crippen LogP) is 2.08. The van der Waals surface area contributed by atoms with Crippen molar-refractivity contribution in [3.8, 4) is 5.75 Å². The van der Waals surface area contributed by atoms with Crippen LogP contribution >= 0.6 is 0 Å². The topological polar surface area (TPSA) is 114 Å². The maximum Gasteiger partial charge on any atom is 0.229 e. The van der Waals surface area contributed by atoms with Gasteiger partial charge in [0.1, 0.15) is 5.75 Å².